The van der Waals surface area contributed by atoms with Crippen molar-refractivity contribution in [2.75, 3.05) is 39.3 Å². The lowest BCUT2D eigenvalue weighted by Crippen LogP contribution is -2.48. The summed E-state index contributed by atoms with van der Waals surface area (Å²) in [6.45, 7) is 7.01. The summed E-state index contributed by atoms with van der Waals surface area (Å²) in [6.07, 6.45) is 1.79. The summed E-state index contributed by atoms with van der Waals surface area (Å²) in [5.41, 5.74) is 2.99. The number of carbonyl (C=O) groups is 1. The molecule has 30 heavy (non-hydrogen) atoms. The molecule has 2 aromatic carbocycles. The van der Waals surface area contributed by atoms with Crippen LogP contribution in [0, 0.1) is 6.92 Å². The van der Waals surface area contributed by atoms with E-state index in [1.165, 1.54) is 21.5 Å². The molecule has 0 bridgehead atoms. The first-order valence-corrected chi connectivity index (χ1v) is 12.0. The summed E-state index contributed by atoms with van der Waals surface area (Å²) in [5, 5.41) is 0. The monoisotopic (exact) mass is 427 g/mol. The second-order valence-electron chi connectivity index (χ2n) is 8.20. The van der Waals surface area contributed by atoms with E-state index in [0.717, 1.165) is 32.5 Å². The Hall–Kier alpha value is -2.22. The van der Waals surface area contributed by atoms with Gasteiger partial charge in [0, 0.05) is 51.4 Å². The number of amides is 1. The Morgan fingerprint density at radius 2 is 1.60 bits per heavy atom. The summed E-state index contributed by atoms with van der Waals surface area (Å²) < 4.78 is 27.2. The van der Waals surface area contributed by atoms with Crippen molar-refractivity contribution < 1.29 is 13.2 Å². The maximum absolute atomic E-state index is 13.0. The molecule has 7 heteroatoms. The van der Waals surface area contributed by atoms with Crippen molar-refractivity contribution in [2.45, 2.75) is 31.2 Å². The first-order chi connectivity index (χ1) is 14.4. The minimum Gasteiger partial charge on any atom is -0.336 e. The Kier molecular flexibility index (Phi) is 6.22. The Bertz CT molecular complexity index is 1010. The third kappa shape index (κ3) is 4.58. The van der Waals surface area contributed by atoms with Crippen LogP contribution in [0.1, 0.15) is 34.3 Å². The fraction of sp³-hybridized carbons (Fsp3) is 0.435. The Morgan fingerprint density at radius 3 is 2.30 bits per heavy atom. The van der Waals surface area contributed by atoms with Gasteiger partial charge in [0.05, 0.1) is 4.90 Å². The number of hydrogen-bond acceptors (Lipinski definition) is 4. The van der Waals surface area contributed by atoms with Crippen molar-refractivity contribution >= 4 is 15.9 Å². The zero-order chi connectivity index (χ0) is 21.1. The van der Waals surface area contributed by atoms with Crippen LogP contribution >= 0.6 is 0 Å². The van der Waals surface area contributed by atoms with E-state index in [0.29, 0.717) is 31.7 Å². The van der Waals surface area contributed by atoms with Crippen LogP contribution in [0.25, 0.3) is 0 Å². The van der Waals surface area contributed by atoms with E-state index in [1.54, 1.807) is 18.2 Å². The van der Waals surface area contributed by atoms with Gasteiger partial charge in [-0.15, -0.1) is 0 Å². The number of benzene rings is 2. The lowest BCUT2D eigenvalue weighted by Gasteiger charge is -2.35. The summed E-state index contributed by atoms with van der Waals surface area (Å²) in [5.74, 6) is -0.0938. The Morgan fingerprint density at radius 1 is 0.900 bits per heavy atom. The predicted octanol–water partition coefficient (Wildman–Crippen LogP) is 2.74. The number of piperazine rings is 1. The molecule has 2 aliphatic heterocycles. The normalized spacial score (nSPS) is 18.6. The smallest absolute Gasteiger partial charge is 0.253 e. The molecule has 2 aromatic rings. The minimum absolute atomic E-state index is 0.0938. The second kappa shape index (κ2) is 8.88. The van der Waals surface area contributed by atoms with Gasteiger partial charge in [-0.05, 0) is 43.5 Å². The third-order valence-corrected chi connectivity index (χ3v) is 7.83. The highest BCUT2D eigenvalue weighted by Gasteiger charge is 2.28. The molecule has 1 amide bonds. The molecule has 0 radical (unpaired) electrons. The molecule has 6 nitrogen and oxygen atoms in total. The van der Waals surface area contributed by atoms with Crippen LogP contribution in [0.4, 0.5) is 0 Å². The van der Waals surface area contributed by atoms with E-state index < -0.39 is 10.0 Å². The van der Waals surface area contributed by atoms with Crippen molar-refractivity contribution in [3.63, 3.8) is 0 Å². The molecule has 2 fully saturated rings. The van der Waals surface area contributed by atoms with Gasteiger partial charge in [0.2, 0.25) is 10.0 Å². The quantitative estimate of drug-likeness (QED) is 0.736. The van der Waals surface area contributed by atoms with Crippen molar-refractivity contribution in [3.8, 4) is 0 Å². The lowest BCUT2D eigenvalue weighted by molar-refractivity contribution is 0.0628. The van der Waals surface area contributed by atoms with Crippen LogP contribution in [-0.4, -0.2) is 67.7 Å². The van der Waals surface area contributed by atoms with E-state index in [-0.39, 0.29) is 10.8 Å². The largest absolute Gasteiger partial charge is 0.336 e. The van der Waals surface area contributed by atoms with Crippen LogP contribution in [-0.2, 0) is 16.6 Å². The molecule has 0 spiro atoms. The molecule has 4 rings (SSSR count). The first kappa shape index (κ1) is 21.0. The molecule has 0 saturated carbocycles. The van der Waals surface area contributed by atoms with Crippen LogP contribution < -0.4 is 0 Å². The lowest BCUT2D eigenvalue weighted by atomic mass is 10.1. The average molecular weight is 428 g/mol. The molecule has 160 valence electrons. The van der Waals surface area contributed by atoms with Gasteiger partial charge in [0.1, 0.15) is 0 Å². The highest BCUT2D eigenvalue weighted by molar-refractivity contribution is 7.89. The van der Waals surface area contributed by atoms with Crippen molar-refractivity contribution in [1.29, 1.82) is 0 Å². The molecule has 0 atom stereocenters. The zero-order valence-corrected chi connectivity index (χ0v) is 18.3. The summed E-state index contributed by atoms with van der Waals surface area (Å²) in [7, 11) is -3.52. The molecule has 2 aliphatic rings. The van der Waals surface area contributed by atoms with Gasteiger partial charge in [-0.3, -0.25) is 9.69 Å². The minimum atomic E-state index is -3.52. The molecule has 0 unspecified atom stereocenters. The van der Waals surface area contributed by atoms with E-state index in [2.05, 4.69) is 36.1 Å². The molecular weight excluding hydrogens is 398 g/mol. The molecule has 0 N–H and O–H groups in total. The van der Waals surface area contributed by atoms with E-state index in [1.807, 2.05) is 4.90 Å². The van der Waals surface area contributed by atoms with Crippen LogP contribution in [0.15, 0.2) is 53.4 Å². The number of aryl methyl sites for hydroxylation is 1. The topological polar surface area (TPSA) is 60.9 Å². The van der Waals surface area contributed by atoms with Crippen LogP contribution in [0.5, 0.6) is 0 Å². The number of sulfonamides is 1. The van der Waals surface area contributed by atoms with Gasteiger partial charge in [-0.2, -0.15) is 4.31 Å². The maximum Gasteiger partial charge on any atom is 0.253 e. The summed E-state index contributed by atoms with van der Waals surface area (Å²) in [6, 6.07) is 15.0. The summed E-state index contributed by atoms with van der Waals surface area (Å²) in [4.78, 5) is 17.4. The molecule has 0 aliphatic carbocycles. The van der Waals surface area contributed by atoms with Gasteiger partial charge in [0.25, 0.3) is 5.91 Å². The second-order valence-corrected chi connectivity index (χ2v) is 10.1. The van der Waals surface area contributed by atoms with E-state index in [9.17, 15) is 13.2 Å². The Balaban J connectivity index is 1.39. The SMILES string of the molecule is Cc1cccc(CN2CCN(C(=O)c3cccc(S(=O)(=O)N4CCCC4)c3)CC2)c1. The zero-order valence-electron chi connectivity index (χ0n) is 17.5. The van der Waals surface area contributed by atoms with Gasteiger partial charge < -0.3 is 4.90 Å². The number of carbonyl (C=O) groups excluding carboxylic acids is 1. The average Bonchev–Trinajstić information content (AvgIpc) is 3.30. The van der Waals surface area contributed by atoms with Crippen molar-refractivity contribution in [2.24, 2.45) is 0 Å². The van der Waals surface area contributed by atoms with Gasteiger partial charge >= 0.3 is 0 Å². The van der Waals surface area contributed by atoms with E-state index in [4.69, 9.17) is 0 Å². The molecule has 2 heterocycles. The predicted molar refractivity (Wildman–Crippen MR) is 117 cm³/mol. The molecule has 2 saturated heterocycles. The van der Waals surface area contributed by atoms with Gasteiger partial charge in [0.15, 0.2) is 0 Å². The Labute approximate surface area is 179 Å². The number of nitrogens with zero attached hydrogens (tertiary/aromatic N) is 3. The first-order valence-electron chi connectivity index (χ1n) is 10.6. The van der Waals surface area contributed by atoms with Crippen molar-refractivity contribution in [1.82, 2.24) is 14.1 Å². The van der Waals surface area contributed by atoms with Gasteiger partial charge in [-0.25, -0.2) is 8.42 Å². The number of hydrogen-bond donors (Lipinski definition) is 0. The molecule has 0 aromatic heterocycles. The highest BCUT2D eigenvalue weighted by Crippen LogP contribution is 2.22. The molecular formula is C23H29N3O3S. The highest BCUT2D eigenvalue weighted by atomic mass is 32.2. The maximum atomic E-state index is 13.0. The third-order valence-electron chi connectivity index (χ3n) is 5.93. The van der Waals surface area contributed by atoms with Crippen LogP contribution in [0.3, 0.4) is 0 Å². The van der Waals surface area contributed by atoms with Crippen LogP contribution in [0.2, 0.25) is 0 Å². The fourth-order valence-corrected chi connectivity index (χ4v) is 5.79. The summed E-state index contributed by atoms with van der Waals surface area (Å²) >= 11 is 0. The number of rotatable bonds is 5. The van der Waals surface area contributed by atoms with Gasteiger partial charge in [-0.1, -0.05) is 35.9 Å². The van der Waals surface area contributed by atoms with Crippen molar-refractivity contribution in [3.05, 3.63) is 65.2 Å². The van der Waals surface area contributed by atoms with E-state index >= 15 is 0 Å². The fourth-order valence-electron chi connectivity index (χ4n) is 4.23. The standard InChI is InChI=1S/C23H29N3O3S/c1-19-6-4-7-20(16-19)18-24-12-14-25(15-13-24)23(27)21-8-5-9-22(17-21)30(28,29)26-10-2-3-11-26/h4-9,16-17H,2-3,10-15,18H2,1H3.